The van der Waals surface area contributed by atoms with Crippen LogP contribution in [-0.2, 0) is 4.43 Å². The minimum absolute atomic E-state index is 0.521. The van der Waals surface area contributed by atoms with E-state index in [4.69, 9.17) is 27.6 Å². The maximum Gasteiger partial charge on any atom is 0.192 e. The van der Waals surface area contributed by atoms with Gasteiger partial charge in [0, 0.05) is 0 Å². The van der Waals surface area contributed by atoms with Gasteiger partial charge in [-0.3, -0.25) is 0 Å². The summed E-state index contributed by atoms with van der Waals surface area (Å²) < 4.78 is 5.56. The van der Waals surface area contributed by atoms with Crippen molar-refractivity contribution < 1.29 is 4.43 Å². The van der Waals surface area contributed by atoms with Gasteiger partial charge in [-0.2, -0.15) is 12.6 Å². The molecule has 0 aromatic heterocycles. The Bertz CT molecular complexity index is 222. The van der Waals surface area contributed by atoms with E-state index >= 15 is 0 Å². The molecule has 0 aliphatic heterocycles. The molecule has 0 aliphatic rings. The van der Waals surface area contributed by atoms with E-state index in [0.29, 0.717) is 12.2 Å². The second-order valence-electron chi connectivity index (χ2n) is 5.03. The predicted octanol–water partition coefficient (Wildman–Crippen LogP) is 5.28. The van der Waals surface area contributed by atoms with E-state index in [2.05, 4.69) is 33.4 Å². The van der Waals surface area contributed by atoms with Crippen LogP contribution in [0.3, 0.4) is 0 Å². The maximum atomic E-state index is 6.43. The maximum absolute atomic E-state index is 6.43. The first kappa shape index (κ1) is 18.1. The van der Waals surface area contributed by atoms with E-state index in [-0.39, 0.29) is 0 Å². The highest BCUT2D eigenvalue weighted by Crippen LogP contribution is 2.43. The van der Waals surface area contributed by atoms with Gasteiger partial charge in [0.2, 0.25) is 0 Å². The number of rotatable bonds is 8. The standard InChI is InChI=1S/C12H26Cl2OSSi/c1-6-17(7-2,8-3)15-11(4,5)12(13,14)9-10-16/h16H,6-10H2,1-5H3. The molecule has 0 atom stereocenters. The second-order valence-corrected chi connectivity index (χ2v) is 11.7. The van der Waals surface area contributed by atoms with Crippen molar-refractivity contribution in [2.75, 3.05) is 5.75 Å². The summed E-state index contributed by atoms with van der Waals surface area (Å²) in [6.45, 7) is 10.6. The van der Waals surface area contributed by atoms with Crippen LogP contribution in [0.2, 0.25) is 18.1 Å². The Morgan fingerprint density at radius 3 is 1.76 bits per heavy atom. The summed E-state index contributed by atoms with van der Waals surface area (Å²) in [7, 11) is -1.69. The third-order valence-corrected chi connectivity index (χ3v) is 10.0. The Morgan fingerprint density at radius 1 is 1.06 bits per heavy atom. The Balaban J connectivity index is 4.94. The van der Waals surface area contributed by atoms with Gasteiger partial charge in [0.15, 0.2) is 8.32 Å². The molecule has 0 radical (unpaired) electrons. The molecule has 0 rings (SSSR count). The minimum atomic E-state index is -1.69. The van der Waals surface area contributed by atoms with Crippen LogP contribution in [0.15, 0.2) is 0 Å². The molecule has 0 fully saturated rings. The van der Waals surface area contributed by atoms with E-state index in [1.807, 2.05) is 13.8 Å². The zero-order chi connectivity index (χ0) is 13.7. The van der Waals surface area contributed by atoms with Crippen LogP contribution in [0.5, 0.6) is 0 Å². The van der Waals surface area contributed by atoms with Gasteiger partial charge < -0.3 is 4.43 Å². The van der Waals surface area contributed by atoms with Crippen LogP contribution in [0.25, 0.3) is 0 Å². The molecule has 0 amide bonds. The van der Waals surface area contributed by atoms with Gasteiger partial charge in [-0.15, -0.1) is 0 Å². The summed E-state index contributed by atoms with van der Waals surface area (Å²) in [6, 6.07) is 3.32. The predicted molar refractivity (Wildman–Crippen MR) is 85.3 cm³/mol. The van der Waals surface area contributed by atoms with Crippen LogP contribution in [0.1, 0.15) is 41.0 Å². The lowest BCUT2D eigenvalue weighted by Crippen LogP contribution is -2.52. The Hall–Kier alpha value is 1.11. The normalized spacial score (nSPS) is 14.1. The van der Waals surface area contributed by atoms with E-state index < -0.39 is 18.3 Å². The molecule has 0 saturated carbocycles. The lowest BCUT2D eigenvalue weighted by Gasteiger charge is -2.44. The topological polar surface area (TPSA) is 9.23 Å². The minimum Gasteiger partial charge on any atom is -0.409 e. The van der Waals surface area contributed by atoms with Gasteiger partial charge >= 0.3 is 0 Å². The van der Waals surface area contributed by atoms with Crippen molar-refractivity contribution in [1.29, 1.82) is 0 Å². The summed E-state index contributed by atoms with van der Waals surface area (Å²) in [5, 5.41) is 0. The Morgan fingerprint density at radius 2 is 1.47 bits per heavy atom. The third kappa shape index (κ3) is 4.61. The number of alkyl halides is 2. The number of thiol groups is 1. The molecule has 17 heavy (non-hydrogen) atoms. The molecule has 5 heteroatoms. The molecule has 0 saturated heterocycles. The third-order valence-electron chi connectivity index (χ3n) is 3.71. The number of hydrogen-bond acceptors (Lipinski definition) is 2. The quantitative estimate of drug-likeness (QED) is 0.364. The average molecular weight is 317 g/mol. The zero-order valence-corrected chi connectivity index (χ0v) is 15.1. The van der Waals surface area contributed by atoms with E-state index in [1.54, 1.807) is 0 Å². The molecule has 104 valence electrons. The van der Waals surface area contributed by atoms with Crippen molar-refractivity contribution in [3.8, 4) is 0 Å². The van der Waals surface area contributed by atoms with E-state index in [1.165, 1.54) is 0 Å². The fourth-order valence-electron chi connectivity index (χ4n) is 2.02. The first-order valence-electron chi connectivity index (χ1n) is 6.39. The molecule has 0 N–H and O–H groups in total. The summed E-state index contributed by atoms with van der Waals surface area (Å²) in [6.07, 6.45) is 0.633. The Kier molecular flexibility index (Phi) is 7.50. The zero-order valence-electron chi connectivity index (χ0n) is 11.6. The largest absolute Gasteiger partial charge is 0.409 e. The smallest absolute Gasteiger partial charge is 0.192 e. The van der Waals surface area contributed by atoms with Crippen LogP contribution >= 0.6 is 35.8 Å². The molecule has 1 nitrogen and oxygen atoms in total. The van der Waals surface area contributed by atoms with Crippen molar-refractivity contribution in [3.63, 3.8) is 0 Å². The van der Waals surface area contributed by atoms with Crippen LogP contribution in [-0.4, -0.2) is 24.0 Å². The average Bonchev–Trinajstić information content (AvgIpc) is 2.26. The van der Waals surface area contributed by atoms with Gasteiger partial charge in [-0.1, -0.05) is 44.0 Å². The summed E-state index contributed by atoms with van der Waals surface area (Å²) >= 11 is 17.1. The molecular weight excluding hydrogens is 291 g/mol. The first-order valence-corrected chi connectivity index (χ1v) is 10.3. The molecule has 0 heterocycles. The van der Waals surface area contributed by atoms with Crippen molar-refractivity contribution in [2.45, 2.75) is 69.1 Å². The molecule has 0 unspecified atom stereocenters. The van der Waals surface area contributed by atoms with Gasteiger partial charge in [0.25, 0.3) is 0 Å². The van der Waals surface area contributed by atoms with Crippen molar-refractivity contribution in [3.05, 3.63) is 0 Å². The van der Waals surface area contributed by atoms with Crippen molar-refractivity contribution >= 4 is 44.1 Å². The molecular formula is C12H26Cl2OSSi. The SMILES string of the molecule is CC[Si](CC)(CC)OC(C)(C)C(Cl)(Cl)CCS. The summed E-state index contributed by atoms with van der Waals surface area (Å²) in [5.41, 5.74) is -0.521. The van der Waals surface area contributed by atoms with Crippen molar-refractivity contribution in [2.24, 2.45) is 0 Å². The van der Waals surface area contributed by atoms with E-state index in [0.717, 1.165) is 18.1 Å². The number of halogens is 2. The molecule has 0 aromatic carbocycles. The fourth-order valence-corrected chi connectivity index (χ4v) is 6.21. The van der Waals surface area contributed by atoms with Crippen LogP contribution in [0, 0.1) is 0 Å². The first-order chi connectivity index (χ1) is 7.70. The van der Waals surface area contributed by atoms with E-state index in [9.17, 15) is 0 Å². The molecule has 0 aromatic rings. The fraction of sp³-hybridized carbons (Fsp3) is 1.00. The summed E-state index contributed by atoms with van der Waals surface area (Å²) in [5.74, 6) is 0.665. The lowest BCUT2D eigenvalue weighted by atomic mass is 10.0. The second kappa shape index (κ2) is 7.04. The summed E-state index contributed by atoms with van der Waals surface area (Å²) in [4.78, 5) is 0. The molecule has 0 spiro atoms. The van der Waals surface area contributed by atoms with Gasteiger partial charge in [0.1, 0.15) is 4.33 Å². The van der Waals surface area contributed by atoms with Gasteiger partial charge in [0.05, 0.1) is 5.60 Å². The lowest BCUT2D eigenvalue weighted by molar-refractivity contribution is 0.0758. The van der Waals surface area contributed by atoms with Crippen molar-refractivity contribution in [1.82, 2.24) is 0 Å². The van der Waals surface area contributed by atoms with Gasteiger partial charge in [-0.05, 0) is 44.2 Å². The van der Waals surface area contributed by atoms with Crippen LogP contribution in [0.4, 0.5) is 0 Å². The van der Waals surface area contributed by atoms with Gasteiger partial charge in [-0.25, -0.2) is 0 Å². The highest BCUT2D eigenvalue weighted by atomic mass is 35.5. The highest BCUT2D eigenvalue weighted by molar-refractivity contribution is 7.80. The Labute approximate surface area is 123 Å². The molecule has 0 aliphatic carbocycles. The molecule has 0 bridgehead atoms. The highest BCUT2D eigenvalue weighted by Gasteiger charge is 2.47. The number of hydrogen-bond donors (Lipinski definition) is 1. The van der Waals surface area contributed by atoms with Crippen LogP contribution < -0.4 is 0 Å². The monoisotopic (exact) mass is 316 g/mol.